The highest BCUT2D eigenvalue weighted by Gasteiger charge is 2.18. The van der Waals surface area contributed by atoms with E-state index in [9.17, 15) is 9.90 Å². The van der Waals surface area contributed by atoms with Gasteiger partial charge in [0.2, 0.25) is 0 Å². The Bertz CT molecular complexity index is 615. The molecule has 0 saturated carbocycles. The van der Waals surface area contributed by atoms with Gasteiger partial charge in [-0.25, -0.2) is 0 Å². The Morgan fingerprint density at radius 3 is 2.55 bits per heavy atom. The molecular weight excluding hydrogens is 298 g/mol. The minimum Gasteiger partial charge on any atom is -0.480 e. The summed E-state index contributed by atoms with van der Waals surface area (Å²) in [5.41, 5.74) is 2.11. The van der Waals surface area contributed by atoms with Crippen molar-refractivity contribution in [3.8, 4) is 0 Å². The number of aliphatic carboxylic acids is 1. The van der Waals surface area contributed by atoms with Crippen molar-refractivity contribution in [2.24, 2.45) is 0 Å². The van der Waals surface area contributed by atoms with Crippen LogP contribution in [0.2, 0.25) is 5.02 Å². The van der Waals surface area contributed by atoms with Gasteiger partial charge < -0.3 is 10.4 Å². The number of rotatable bonds is 7. The molecule has 0 aromatic heterocycles. The van der Waals surface area contributed by atoms with Gasteiger partial charge in [0.05, 0.1) is 0 Å². The zero-order valence-corrected chi connectivity index (χ0v) is 13.3. The van der Waals surface area contributed by atoms with Crippen LogP contribution in [0.15, 0.2) is 54.6 Å². The maximum Gasteiger partial charge on any atom is 0.321 e. The molecule has 116 valence electrons. The summed E-state index contributed by atoms with van der Waals surface area (Å²) in [4.78, 5) is 11.4. The number of hydrogen-bond acceptors (Lipinski definition) is 2. The highest BCUT2D eigenvalue weighted by atomic mass is 35.5. The van der Waals surface area contributed by atoms with Crippen LogP contribution in [-0.2, 0) is 11.2 Å². The van der Waals surface area contributed by atoms with E-state index in [-0.39, 0.29) is 5.92 Å². The fourth-order valence-electron chi connectivity index (χ4n) is 2.35. The van der Waals surface area contributed by atoms with Gasteiger partial charge in [0.1, 0.15) is 6.04 Å². The van der Waals surface area contributed by atoms with E-state index in [1.807, 2.05) is 54.6 Å². The Balaban J connectivity index is 1.95. The molecule has 0 spiro atoms. The number of halogens is 1. The van der Waals surface area contributed by atoms with Crippen LogP contribution in [0.1, 0.15) is 24.0 Å². The Morgan fingerprint density at radius 2 is 1.91 bits per heavy atom. The summed E-state index contributed by atoms with van der Waals surface area (Å²) >= 11 is 5.99. The lowest BCUT2D eigenvalue weighted by atomic mass is 10.00. The highest BCUT2D eigenvalue weighted by Crippen LogP contribution is 2.19. The Labute approximate surface area is 135 Å². The van der Waals surface area contributed by atoms with Gasteiger partial charge >= 0.3 is 5.97 Å². The van der Waals surface area contributed by atoms with Crippen molar-refractivity contribution in [2.75, 3.05) is 6.54 Å². The first-order valence-corrected chi connectivity index (χ1v) is 7.69. The fourth-order valence-corrected chi connectivity index (χ4v) is 2.55. The molecule has 0 aliphatic carbocycles. The molecule has 1 unspecified atom stereocenters. The Hall–Kier alpha value is -1.84. The van der Waals surface area contributed by atoms with Gasteiger partial charge in [-0.15, -0.1) is 0 Å². The zero-order valence-electron chi connectivity index (χ0n) is 12.5. The number of carbonyl (C=O) groups is 1. The van der Waals surface area contributed by atoms with Crippen molar-refractivity contribution in [3.63, 3.8) is 0 Å². The number of carboxylic acid groups (broad SMARTS) is 1. The molecule has 2 aromatic carbocycles. The zero-order chi connectivity index (χ0) is 15.9. The second-order valence-electron chi connectivity index (χ2n) is 5.44. The number of carboxylic acids is 1. The molecule has 0 fully saturated rings. The van der Waals surface area contributed by atoms with Gasteiger partial charge in [-0.2, -0.15) is 0 Å². The van der Waals surface area contributed by atoms with Gasteiger partial charge in [0.15, 0.2) is 0 Å². The molecule has 4 heteroatoms. The van der Waals surface area contributed by atoms with E-state index in [0.29, 0.717) is 18.0 Å². The fraction of sp³-hybridized carbons (Fsp3) is 0.278. The topological polar surface area (TPSA) is 49.3 Å². The molecule has 0 heterocycles. The monoisotopic (exact) mass is 317 g/mol. The molecule has 0 bridgehead atoms. The summed E-state index contributed by atoms with van der Waals surface area (Å²) in [5, 5.41) is 13.2. The first-order chi connectivity index (χ1) is 10.6. The smallest absolute Gasteiger partial charge is 0.321 e. The molecule has 0 radical (unpaired) electrons. The molecule has 2 rings (SSSR count). The van der Waals surface area contributed by atoms with Crippen LogP contribution in [0.3, 0.4) is 0 Å². The van der Waals surface area contributed by atoms with Crippen LogP contribution in [-0.4, -0.2) is 23.7 Å². The third kappa shape index (κ3) is 4.86. The van der Waals surface area contributed by atoms with Crippen LogP contribution in [0.25, 0.3) is 0 Å². The van der Waals surface area contributed by atoms with Crippen LogP contribution in [0.4, 0.5) is 0 Å². The maximum absolute atomic E-state index is 11.4. The van der Waals surface area contributed by atoms with Gasteiger partial charge in [-0.3, -0.25) is 4.79 Å². The lowest BCUT2D eigenvalue weighted by Crippen LogP contribution is -2.40. The summed E-state index contributed by atoms with van der Waals surface area (Å²) in [6.07, 6.45) is 0.471. The van der Waals surface area contributed by atoms with Crippen molar-refractivity contribution in [1.29, 1.82) is 0 Å². The summed E-state index contributed by atoms with van der Waals surface area (Å²) in [5.74, 6) is -0.640. The lowest BCUT2D eigenvalue weighted by Gasteiger charge is -2.18. The van der Waals surface area contributed by atoms with Crippen molar-refractivity contribution >= 4 is 17.6 Å². The SMILES string of the molecule is CC(CN[C@@H](Cc1ccccc1)C(=O)O)c1cccc(Cl)c1. The van der Waals surface area contributed by atoms with E-state index in [1.165, 1.54) is 0 Å². The molecule has 0 saturated heterocycles. The second kappa shape index (κ2) is 7.97. The van der Waals surface area contributed by atoms with Crippen molar-refractivity contribution in [3.05, 3.63) is 70.7 Å². The molecule has 0 amide bonds. The third-order valence-electron chi connectivity index (χ3n) is 3.67. The van der Waals surface area contributed by atoms with Gasteiger partial charge in [0.25, 0.3) is 0 Å². The van der Waals surface area contributed by atoms with Gasteiger partial charge in [-0.1, -0.05) is 61.0 Å². The summed E-state index contributed by atoms with van der Waals surface area (Å²) in [6, 6.07) is 16.7. The number of nitrogens with one attached hydrogen (secondary N) is 1. The molecule has 22 heavy (non-hydrogen) atoms. The molecule has 2 aromatic rings. The molecule has 3 nitrogen and oxygen atoms in total. The van der Waals surface area contributed by atoms with E-state index < -0.39 is 12.0 Å². The van der Waals surface area contributed by atoms with Gasteiger partial charge in [-0.05, 0) is 35.6 Å². The van der Waals surface area contributed by atoms with E-state index >= 15 is 0 Å². The minimum absolute atomic E-state index is 0.191. The molecular formula is C18H20ClNO2. The van der Waals surface area contributed by atoms with Crippen LogP contribution in [0.5, 0.6) is 0 Å². The average molecular weight is 318 g/mol. The molecule has 0 aliphatic heterocycles. The predicted molar refractivity (Wildman–Crippen MR) is 89.4 cm³/mol. The molecule has 2 atom stereocenters. The average Bonchev–Trinajstić information content (AvgIpc) is 2.51. The standard InChI is InChI=1S/C18H20ClNO2/c1-13(15-8-5-9-16(19)11-15)12-20-17(18(21)22)10-14-6-3-2-4-7-14/h2-9,11,13,17,20H,10,12H2,1H3,(H,21,22)/t13?,17-/m0/s1. The molecule has 0 aliphatic rings. The number of hydrogen-bond donors (Lipinski definition) is 2. The minimum atomic E-state index is -0.831. The normalized spacial score (nSPS) is 13.5. The van der Waals surface area contributed by atoms with Crippen molar-refractivity contribution < 1.29 is 9.90 Å². The van der Waals surface area contributed by atoms with E-state index in [1.54, 1.807) is 0 Å². The highest BCUT2D eigenvalue weighted by molar-refractivity contribution is 6.30. The first kappa shape index (κ1) is 16.5. The Morgan fingerprint density at radius 1 is 1.18 bits per heavy atom. The first-order valence-electron chi connectivity index (χ1n) is 7.32. The summed E-state index contributed by atoms with van der Waals surface area (Å²) in [6.45, 7) is 2.64. The van der Waals surface area contributed by atoms with E-state index in [4.69, 9.17) is 11.6 Å². The summed E-state index contributed by atoms with van der Waals surface area (Å²) in [7, 11) is 0. The Kier molecular flexibility index (Phi) is 5.99. The van der Waals surface area contributed by atoms with Crippen LogP contribution in [0, 0.1) is 0 Å². The second-order valence-corrected chi connectivity index (χ2v) is 5.88. The van der Waals surface area contributed by atoms with Crippen LogP contribution < -0.4 is 5.32 Å². The largest absolute Gasteiger partial charge is 0.480 e. The van der Waals surface area contributed by atoms with Crippen molar-refractivity contribution in [2.45, 2.75) is 25.3 Å². The quantitative estimate of drug-likeness (QED) is 0.818. The predicted octanol–water partition coefficient (Wildman–Crippen LogP) is 3.73. The maximum atomic E-state index is 11.4. The number of benzene rings is 2. The van der Waals surface area contributed by atoms with E-state index in [2.05, 4.69) is 12.2 Å². The van der Waals surface area contributed by atoms with E-state index in [0.717, 1.165) is 11.1 Å². The summed E-state index contributed by atoms with van der Waals surface area (Å²) < 4.78 is 0. The third-order valence-corrected chi connectivity index (χ3v) is 3.90. The molecule has 2 N–H and O–H groups in total. The van der Waals surface area contributed by atoms with Gasteiger partial charge in [0, 0.05) is 11.6 Å². The lowest BCUT2D eigenvalue weighted by molar-refractivity contribution is -0.139. The van der Waals surface area contributed by atoms with Crippen molar-refractivity contribution in [1.82, 2.24) is 5.32 Å². The van der Waals surface area contributed by atoms with Crippen LogP contribution >= 0.6 is 11.6 Å².